The number of benzene rings is 1. The Kier molecular flexibility index (Phi) is 5.42. The molecule has 94 valence electrons. The molecular formula is C12H16FNO3. The Hall–Kier alpha value is -1.62. The number of ether oxygens (including phenoxy) is 2. The minimum atomic E-state index is -0.548. The summed E-state index contributed by atoms with van der Waals surface area (Å²) in [5.74, 6) is -1.08. The molecular weight excluding hydrogens is 225 g/mol. The summed E-state index contributed by atoms with van der Waals surface area (Å²) in [5, 5.41) is 0. The maximum Gasteiger partial charge on any atom is 0.338 e. The average Bonchev–Trinajstić information content (AvgIpc) is 2.32. The molecule has 0 unspecified atom stereocenters. The lowest BCUT2D eigenvalue weighted by Gasteiger charge is -2.06. The molecule has 0 saturated carbocycles. The van der Waals surface area contributed by atoms with Gasteiger partial charge in [0.25, 0.3) is 0 Å². The Bertz CT molecular complexity index is 382. The van der Waals surface area contributed by atoms with Crippen molar-refractivity contribution in [2.24, 2.45) is 0 Å². The van der Waals surface area contributed by atoms with Crippen LogP contribution >= 0.6 is 0 Å². The first-order chi connectivity index (χ1) is 8.15. The molecule has 4 nitrogen and oxygen atoms in total. The van der Waals surface area contributed by atoms with Crippen LogP contribution in [0.3, 0.4) is 0 Å². The quantitative estimate of drug-likeness (QED) is 0.470. The minimum Gasteiger partial charge on any atom is -0.460 e. The van der Waals surface area contributed by atoms with E-state index in [-0.39, 0.29) is 17.9 Å². The standard InChI is InChI=1S/C12H16FNO3/c1-2-5-16-6-7-17-12(15)9-3-4-10(13)11(14)8-9/h3-4,8H,2,5-7,14H2,1H3. The number of rotatable bonds is 6. The van der Waals surface area contributed by atoms with Crippen molar-refractivity contribution in [1.29, 1.82) is 0 Å². The second kappa shape index (κ2) is 6.85. The Morgan fingerprint density at radius 2 is 2.12 bits per heavy atom. The number of carbonyl (C=O) groups is 1. The molecule has 0 bridgehead atoms. The van der Waals surface area contributed by atoms with Crippen molar-refractivity contribution >= 4 is 11.7 Å². The van der Waals surface area contributed by atoms with E-state index in [1.165, 1.54) is 12.1 Å². The van der Waals surface area contributed by atoms with E-state index in [9.17, 15) is 9.18 Å². The van der Waals surface area contributed by atoms with Crippen LogP contribution < -0.4 is 5.73 Å². The van der Waals surface area contributed by atoms with Gasteiger partial charge in [-0.3, -0.25) is 0 Å². The van der Waals surface area contributed by atoms with Gasteiger partial charge in [-0.25, -0.2) is 9.18 Å². The van der Waals surface area contributed by atoms with E-state index in [2.05, 4.69) is 0 Å². The fourth-order valence-corrected chi connectivity index (χ4v) is 1.19. The SMILES string of the molecule is CCCOCCOC(=O)c1ccc(F)c(N)c1. The zero-order valence-electron chi connectivity index (χ0n) is 9.74. The van der Waals surface area contributed by atoms with Crippen LogP contribution in [-0.2, 0) is 9.47 Å². The summed E-state index contributed by atoms with van der Waals surface area (Å²) in [7, 11) is 0. The molecule has 0 fully saturated rings. The summed E-state index contributed by atoms with van der Waals surface area (Å²) in [5.41, 5.74) is 5.51. The third-order valence-corrected chi connectivity index (χ3v) is 2.04. The molecule has 2 N–H and O–H groups in total. The Morgan fingerprint density at radius 1 is 1.35 bits per heavy atom. The first-order valence-corrected chi connectivity index (χ1v) is 5.45. The van der Waals surface area contributed by atoms with Crippen LogP contribution in [0.15, 0.2) is 18.2 Å². The van der Waals surface area contributed by atoms with Gasteiger partial charge >= 0.3 is 5.97 Å². The van der Waals surface area contributed by atoms with Gasteiger partial charge in [0.2, 0.25) is 0 Å². The van der Waals surface area contributed by atoms with Gasteiger partial charge in [-0.2, -0.15) is 0 Å². The van der Waals surface area contributed by atoms with E-state index in [4.69, 9.17) is 15.2 Å². The molecule has 0 aliphatic rings. The Balaban J connectivity index is 2.39. The largest absolute Gasteiger partial charge is 0.460 e. The Labute approximate surface area is 99.5 Å². The van der Waals surface area contributed by atoms with Gasteiger partial charge < -0.3 is 15.2 Å². The predicted octanol–water partition coefficient (Wildman–Crippen LogP) is 1.99. The van der Waals surface area contributed by atoms with Crippen molar-refractivity contribution in [3.8, 4) is 0 Å². The van der Waals surface area contributed by atoms with Crippen LogP contribution in [0.1, 0.15) is 23.7 Å². The number of nitrogen functional groups attached to an aromatic ring is 1. The lowest BCUT2D eigenvalue weighted by atomic mass is 10.2. The number of hydrogen-bond donors (Lipinski definition) is 1. The topological polar surface area (TPSA) is 61.5 Å². The molecule has 0 saturated heterocycles. The first-order valence-electron chi connectivity index (χ1n) is 5.45. The van der Waals surface area contributed by atoms with E-state index in [1.807, 2.05) is 6.92 Å². The van der Waals surface area contributed by atoms with Crippen LogP contribution in [0.25, 0.3) is 0 Å². The van der Waals surface area contributed by atoms with Gasteiger partial charge in [0.15, 0.2) is 0 Å². The summed E-state index contributed by atoms with van der Waals surface area (Å²) in [6.45, 7) is 3.17. The highest BCUT2D eigenvalue weighted by molar-refractivity contribution is 5.90. The fraction of sp³-hybridized carbons (Fsp3) is 0.417. The lowest BCUT2D eigenvalue weighted by molar-refractivity contribution is 0.0318. The molecule has 0 spiro atoms. The van der Waals surface area contributed by atoms with Crippen molar-refractivity contribution in [3.05, 3.63) is 29.6 Å². The van der Waals surface area contributed by atoms with Crippen molar-refractivity contribution in [1.82, 2.24) is 0 Å². The zero-order chi connectivity index (χ0) is 12.7. The van der Waals surface area contributed by atoms with Crippen LogP contribution in [-0.4, -0.2) is 25.8 Å². The molecule has 0 aliphatic carbocycles. The predicted molar refractivity (Wildman–Crippen MR) is 62.2 cm³/mol. The van der Waals surface area contributed by atoms with Crippen molar-refractivity contribution < 1.29 is 18.7 Å². The smallest absolute Gasteiger partial charge is 0.338 e. The molecule has 17 heavy (non-hydrogen) atoms. The summed E-state index contributed by atoms with van der Waals surface area (Å²) in [6.07, 6.45) is 0.919. The van der Waals surface area contributed by atoms with Gasteiger partial charge in [-0.15, -0.1) is 0 Å². The van der Waals surface area contributed by atoms with Gasteiger partial charge in [-0.05, 0) is 24.6 Å². The number of halogens is 1. The molecule has 1 aromatic rings. The first kappa shape index (κ1) is 13.4. The molecule has 0 radical (unpaired) electrons. The monoisotopic (exact) mass is 241 g/mol. The second-order valence-corrected chi connectivity index (χ2v) is 3.48. The van der Waals surface area contributed by atoms with Crippen molar-refractivity contribution in [2.45, 2.75) is 13.3 Å². The summed E-state index contributed by atoms with van der Waals surface area (Å²) in [6, 6.07) is 3.73. The summed E-state index contributed by atoms with van der Waals surface area (Å²) >= 11 is 0. The second-order valence-electron chi connectivity index (χ2n) is 3.48. The highest BCUT2D eigenvalue weighted by atomic mass is 19.1. The molecule has 1 rings (SSSR count). The number of carbonyl (C=O) groups excluding carboxylic acids is 1. The molecule has 1 aromatic carbocycles. The van der Waals surface area contributed by atoms with Crippen LogP contribution in [0.2, 0.25) is 0 Å². The van der Waals surface area contributed by atoms with E-state index in [0.717, 1.165) is 12.5 Å². The Morgan fingerprint density at radius 3 is 2.76 bits per heavy atom. The number of esters is 1. The number of anilines is 1. The maximum atomic E-state index is 12.9. The average molecular weight is 241 g/mol. The number of nitrogens with two attached hydrogens (primary N) is 1. The van der Waals surface area contributed by atoms with Gasteiger partial charge in [-0.1, -0.05) is 6.92 Å². The maximum absolute atomic E-state index is 12.9. The molecule has 0 aliphatic heterocycles. The van der Waals surface area contributed by atoms with E-state index < -0.39 is 11.8 Å². The highest BCUT2D eigenvalue weighted by Crippen LogP contribution is 2.12. The van der Waals surface area contributed by atoms with Gasteiger partial charge in [0.1, 0.15) is 12.4 Å². The minimum absolute atomic E-state index is 0.0679. The molecule has 0 amide bonds. The van der Waals surface area contributed by atoms with E-state index in [1.54, 1.807) is 0 Å². The van der Waals surface area contributed by atoms with E-state index in [0.29, 0.717) is 13.2 Å². The molecule has 0 atom stereocenters. The third kappa shape index (κ3) is 4.40. The summed E-state index contributed by atoms with van der Waals surface area (Å²) in [4.78, 5) is 11.5. The van der Waals surface area contributed by atoms with Crippen LogP contribution in [0, 0.1) is 5.82 Å². The highest BCUT2D eigenvalue weighted by Gasteiger charge is 2.09. The zero-order valence-corrected chi connectivity index (χ0v) is 9.74. The lowest BCUT2D eigenvalue weighted by Crippen LogP contribution is -2.11. The van der Waals surface area contributed by atoms with Gasteiger partial charge in [0.05, 0.1) is 17.9 Å². The van der Waals surface area contributed by atoms with Gasteiger partial charge in [0, 0.05) is 6.61 Å². The normalized spacial score (nSPS) is 10.2. The number of hydrogen-bond acceptors (Lipinski definition) is 4. The van der Waals surface area contributed by atoms with Crippen molar-refractivity contribution in [2.75, 3.05) is 25.6 Å². The van der Waals surface area contributed by atoms with Crippen molar-refractivity contribution in [3.63, 3.8) is 0 Å². The van der Waals surface area contributed by atoms with Crippen LogP contribution in [0.5, 0.6) is 0 Å². The van der Waals surface area contributed by atoms with E-state index >= 15 is 0 Å². The summed E-state index contributed by atoms with van der Waals surface area (Å²) < 4.78 is 22.9. The molecule has 0 heterocycles. The molecule has 5 heteroatoms. The third-order valence-electron chi connectivity index (χ3n) is 2.04. The van der Waals surface area contributed by atoms with Crippen LogP contribution in [0.4, 0.5) is 10.1 Å². The fourth-order valence-electron chi connectivity index (χ4n) is 1.19. The molecule has 0 aromatic heterocycles.